The number of nitrogens with zero attached hydrogens (tertiary/aromatic N) is 3. The summed E-state index contributed by atoms with van der Waals surface area (Å²) in [6.45, 7) is 5.15. The van der Waals surface area contributed by atoms with Gasteiger partial charge in [0.25, 0.3) is 0 Å². The third kappa shape index (κ3) is 7.94. The van der Waals surface area contributed by atoms with Gasteiger partial charge in [-0.3, -0.25) is 4.79 Å². The average molecular weight is 570 g/mol. The number of phenolic OH excluding ortho intramolecular Hbond substituents is 1. The van der Waals surface area contributed by atoms with Crippen molar-refractivity contribution in [1.82, 2.24) is 15.1 Å². The molecule has 11 nitrogen and oxygen atoms in total. The minimum atomic E-state index is -4.68. The molecule has 1 aliphatic heterocycles. The molecule has 40 heavy (non-hydrogen) atoms. The van der Waals surface area contributed by atoms with Crippen molar-refractivity contribution in [1.29, 1.82) is 0 Å². The van der Waals surface area contributed by atoms with Crippen LogP contribution in [-0.4, -0.2) is 71.7 Å². The van der Waals surface area contributed by atoms with Crippen LogP contribution in [0.5, 0.6) is 5.75 Å². The van der Waals surface area contributed by atoms with Gasteiger partial charge in [0.2, 0.25) is 0 Å². The maximum Gasteiger partial charge on any atom is 0.416 e. The summed E-state index contributed by atoms with van der Waals surface area (Å²) >= 11 is 0. The molecular formula is C26H34F3N5O6. The van der Waals surface area contributed by atoms with Gasteiger partial charge in [0, 0.05) is 37.4 Å². The first kappa shape index (κ1) is 30.9. The number of phenols is 1. The van der Waals surface area contributed by atoms with Crippen molar-refractivity contribution in [3.8, 4) is 17.0 Å². The van der Waals surface area contributed by atoms with Gasteiger partial charge in [0.15, 0.2) is 5.82 Å². The predicted octanol–water partition coefficient (Wildman–Crippen LogP) is 3.75. The number of benzene rings is 1. The normalized spacial score (nSPS) is 16.0. The number of methoxy groups -OCH3 is 1. The van der Waals surface area contributed by atoms with E-state index in [1.807, 2.05) is 0 Å². The van der Waals surface area contributed by atoms with Gasteiger partial charge in [-0.15, -0.1) is 10.2 Å². The molecule has 1 aliphatic rings. The number of primary amides is 1. The third-order valence-corrected chi connectivity index (χ3v) is 6.55. The van der Waals surface area contributed by atoms with E-state index in [1.165, 1.54) is 7.11 Å². The smallest absolute Gasteiger partial charge is 0.416 e. The number of aromatic nitrogens is 2. The summed E-state index contributed by atoms with van der Waals surface area (Å²) in [5.41, 5.74) is 5.15. The maximum atomic E-state index is 13.4. The molecule has 2 aromatic rings. The van der Waals surface area contributed by atoms with Crippen LogP contribution in [0.15, 0.2) is 12.1 Å². The Hall–Kier alpha value is -3.65. The molecule has 3 rings (SSSR count). The molecule has 1 atom stereocenters. The molecule has 1 aromatic heterocycles. The number of nitrogens with two attached hydrogens (primary N) is 1. The number of carbonyl (C=O) groups excluding carboxylic acids is 2. The number of aromatic hydroxyl groups is 1. The molecule has 1 fully saturated rings. The van der Waals surface area contributed by atoms with Gasteiger partial charge >= 0.3 is 18.2 Å². The molecule has 2 heterocycles. The zero-order valence-corrected chi connectivity index (χ0v) is 22.6. The van der Waals surface area contributed by atoms with Gasteiger partial charge in [-0.1, -0.05) is 0 Å². The van der Waals surface area contributed by atoms with Gasteiger partial charge in [-0.2, -0.15) is 13.2 Å². The largest absolute Gasteiger partial charge is 0.507 e. The Bertz CT molecular complexity index is 1210. The van der Waals surface area contributed by atoms with Crippen LogP contribution in [0.25, 0.3) is 11.3 Å². The molecule has 0 bridgehead atoms. The zero-order chi connectivity index (χ0) is 29.4. The quantitative estimate of drug-likeness (QED) is 0.342. The number of likely N-dealkylation sites (tertiary alicyclic amines) is 1. The Balaban J connectivity index is 1.94. The van der Waals surface area contributed by atoms with Crippen molar-refractivity contribution in [2.75, 3.05) is 38.7 Å². The Morgan fingerprint density at radius 3 is 2.62 bits per heavy atom. The lowest BCUT2D eigenvalue weighted by atomic mass is 9.95. The molecule has 0 unspecified atom stereocenters. The van der Waals surface area contributed by atoms with E-state index in [0.717, 1.165) is 25.5 Å². The Morgan fingerprint density at radius 2 is 1.98 bits per heavy atom. The maximum absolute atomic E-state index is 13.4. The van der Waals surface area contributed by atoms with E-state index in [9.17, 15) is 27.9 Å². The molecule has 0 saturated carbocycles. The molecule has 14 heteroatoms. The van der Waals surface area contributed by atoms with Crippen LogP contribution in [0.3, 0.4) is 0 Å². The molecule has 1 aromatic carbocycles. The lowest BCUT2D eigenvalue weighted by molar-refractivity contribution is -0.143. The highest BCUT2D eigenvalue weighted by Crippen LogP contribution is 2.41. The van der Waals surface area contributed by atoms with Crippen molar-refractivity contribution in [2.24, 2.45) is 5.73 Å². The van der Waals surface area contributed by atoms with E-state index in [4.69, 9.17) is 19.9 Å². The summed E-state index contributed by atoms with van der Waals surface area (Å²) in [7, 11) is 1.32. The number of hydrogen-bond donors (Lipinski definition) is 3. The van der Waals surface area contributed by atoms with Crippen molar-refractivity contribution in [2.45, 2.75) is 58.5 Å². The lowest BCUT2D eigenvalue weighted by Gasteiger charge is -2.33. The van der Waals surface area contributed by atoms with Crippen LogP contribution in [0, 0.1) is 6.92 Å². The topological polar surface area (TPSA) is 149 Å². The number of alkyl halides is 3. The Kier molecular flexibility index (Phi) is 10.5. The van der Waals surface area contributed by atoms with Crippen LogP contribution < -0.4 is 11.1 Å². The van der Waals surface area contributed by atoms with E-state index in [1.54, 1.807) is 13.8 Å². The van der Waals surface area contributed by atoms with E-state index < -0.39 is 23.6 Å². The van der Waals surface area contributed by atoms with Gasteiger partial charge in [-0.25, -0.2) is 4.79 Å². The second kappa shape index (κ2) is 13.6. The zero-order valence-electron chi connectivity index (χ0n) is 22.6. The van der Waals surface area contributed by atoms with E-state index in [-0.39, 0.29) is 48.5 Å². The monoisotopic (exact) mass is 569 g/mol. The fraction of sp³-hybridized carbons (Fsp3) is 0.538. The second-order valence-electron chi connectivity index (χ2n) is 9.41. The van der Waals surface area contributed by atoms with Crippen LogP contribution in [0.1, 0.15) is 48.4 Å². The summed E-state index contributed by atoms with van der Waals surface area (Å²) < 4.78 is 55.3. The fourth-order valence-electron chi connectivity index (χ4n) is 4.67. The number of piperidine rings is 1. The number of nitrogens with one attached hydrogen (secondary N) is 1. The van der Waals surface area contributed by atoms with E-state index in [2.05, 4.69) is 20.4 Å². The highest BCUT2D eigenvalue weighted by Gasteiger charge is 2.33. The van der Waals surface area contributed by atoms with Crippen molar-refractivity contribution >= 4 is 17.9 Å². The number of amides is 1. The van der Waals surface area contributed by atoms with Gasteiger partial charge < -0.3 is 35.3 Å². The van der Waals surface area contributed by atoms with Gasteiger partial charge in [-0.05, 0) is 56.5 Å². The third-order valence-electron chi connectivity index (χ3n) is 6.55. The molecule has 0 spiro atoms. The SMILES string of the molecule is CCOC(=O)CCN1CCC[C@@H](Nc2nnc(-c3c(O)cc(C(F)(F)F)cc3COC)c(C)c2COC(N)=O)C1. The second-order valence-corrected chi connectivity index (χ2v) is 9.41. The Labute approximate surface area is 229 Å². The number of halogens is 3. The first-order chi connectivity index (χ1) is 18.9. The van der Waals surface area contributed by atoms with Crippen molar-refractivity contribution < 1.29 is 42.1 Å². The van der Waals surface area contributed by atoms with Crippen LogP contribution in [-0.2, 0) is 38.4 Å². The van der Waals surface area contributed by atoms with E-state index >= 15 is 0 Å². The first-order valence-corrected chi connectivity index (χ1v) is 12.8. The first-order valence-electron chi connectivity index (χ1n) is 12.8. The number of ether oxygens (including phenoxy) is 3. The molecule has 0 radical (unpaired) electrons. The standard InChI is InChI=1S/C26H34F3N5O6/c1-4-39-21(36)7-9-34-8-5-6-18(12-34)31-24-19(14-40-25(30)37)15(2)23(32-33-24)22-16(13-38-3)10-17(11-20(22)35)26(27,28)29/h10-11,18,35H,4-9,12-14H2,1-3H3,(H2,30,37)(H,31,33)/t18-/m1/s1. The number of carbonyl (C=O) groups is 2. The predicted molar refractivity (Wildman–Crippen MR) is 138 cm³/mol. The van der Waals surface area contributed by atoms with Gasteiger partial charge in [0.1, 0.15) is 18.1 Å². The highest BCUT2D eigenvalue weighted by atomic mass is 19.4. The fourth-order valence-corrected chi connectivity index (χ4v) is 4.67. The lowest BCUT2D eigenvalue weighted by Crippen LogP contribution is -2.43. The number of hydrogen-bond acceptors (Lipinski definition) is 10. The molecule has 1 saturated heterocycles. The number of anilines is 1. The summed E-state index contributed by atoms with van der Waals surface area (Å²) in [6, 6.07) is 1.43. The van der Waals surface area contributed by atoms with Crippen LogP contribution >= 0.6 is 0 Å². The van der Waals surface area contributed by atoms with Crippen molar-refractivity contribution in [3.63, 3.8) is 0 Å². The van der Waals surface area contributed by atoms with Gasteiger partial charge in [0.05, 0.1) is 25.2 Å². The summed E-state index contributed by atoms with van der Waals surface area (Å²) in [5, 5.41) is 22.5. The number of esters is 1. The van der Waals surface area contributed by atoms with E-state index in [0.29, 0.717) is 42.7 Å². The summed E-state index contributed by atoms with van der Waals surface area (Å²) in [5.74, 6) is -0.606. The molecular weight excluding hydrogens is 535 g/mol. The minimum absolute atomic E-state index is 0.0227. The Morgan fingerprint density at radius 1 is 1.23 bits per heavy atom. The average Bonchev–Trinajstić information content (AvgIpc) is 2.88. The molecule has 0 aliphatic carbocycles. The van der Waals surface area contributed by atoms with Crippen LogP contribution in [0.4, 0.5) is 23.8 Å². The summed E-state index contributed by atoms with van der Waals surface area (Å²) in [6.07, 6.45) is -3.78. The molecule has 4 N–H and O–H groups in total. The highest BCUT2D eigenvalue weighted by molar-refractivity contribution is 5.76. The molecule has 1 amide bonds. The van der Waals surface area contributed by atoms with Crippen LogP contribution in [0.2, 0.25) is 0 Å². The summed E-state index contributed by atoms with van der Waals surface area (Å²) in [4.78, 5) is 25.3. The minimum Gasteiger partial charge on any atom is -0.507 e. The number of rotatable bonds is 11. The van der Waals surface area contributed by atoms with Crippen molar-refractivity contribution in [3.05, 3.63) is 34.4 Å². The molecule has 220 valence electrons.